The number of nitrogens with one attached hydrogen (secondary N) is 2. The number of imidazole rings is 1. The predicted molar refractivity (Wildman–Crippen MR) is 56.7 cm³/mol. The van der Waals surface area contributed by atoms with Crippen LogP contribution in [0.4, 0.5) is 0 Å². The van der Waals surface area contributed by atoms with Crippen LogP contribution in [-0.4, -0.2) is 20.2 Å². The molecule has 0 fully saturated rings. The summed E-state index contributed by atoms with van der Waals surface area (Å²) >= 11 is 0. The molecule has 0 spiro atoms. The first kappa shape index (κ1) is 10.4. The second-order valence-electron chi connectivity index (χ2n) is 3.49. The largest absolute Gasteiger partial charge is 0.313 e. The van der Waals surface area contributed by atoms with Crippen LogP contribution in [0.25, 0.3) is 11.0 Å². The fourth-order valence-corrected chi connectivity index (χ4v) is 1.72. The van der Waals surface area contributed by atoms with Gasteiger partial charge in [-0.3, -0.25) is 15.4 Å². The first-order chi connectivity index (χ1) is 7.65. The van der Waals surface area contributed by atoms with Crippen molar-refractivity contribution in [1.29, 1.82) is 5.41 Å². The van der Waals surface area contributed by atoms with Crippen molar-refractivity contribution in [3.8, 4) is 0 Å². The predicted octanol–water partition coefficient (Wildman–Crippen LogP) is -0.0353. The summed E-state index contributed by atoms with van der Waals surface area (Å²) in [7, 11) is 1.76. The zero-order valence-corrected chi connectivity index (χ0v) is 8.77. The zero-order chi connectivity index (χ0) is 11.7. The summed E-state index contributed by atoms with van der Waals surface area (Å²) in [6, 6.07) is 7.42. The van der Waals surface area contributed by atoms with Gasteiger partial charge < -0.3 is 9.13 Å². The van der Waals surface area contributed by atoms with Crippen LogP contribution in [-0.2, 0) is 18.4 Å². The summed E-state index contributed by atoms with van der Waals surface area (Å²) in [6.07, 6.45) is 0. The van der Waals surface area contributed by atoms with E-state index in [1.807, 2.05) is 24.3 Å². The van der Waals surface area contributed by atoms with E-state index in [1.54, 1.807) is 17.1 Å². The highest BCUT2D eigenvalue weighted by atomic mass is 16.5. The summed E-state index contributed by atoms with van der Waals surface area (Å²) in [6.45, 7) is -0.0727. The normalized spacial score (nSPS) is 10.6. The van der Waals surface area contributed by atoms with Crippen molar-refractivity contribution in [2.75, 3.05) is 0 Å². The van der Waals surface area contributed by atoms with Gasteiger partial charge in [0.1, 0.15) is 6.54 Å². The van der Waals surface area contributed by atoms with Gasteiger partial charge in [0.05, 0.1) is 11.0 Å². The molecule has 84 valence electrons. The van der Waals surface area contributed by atoms with E-state index in [9.17, 15) is 4.79 Å². The van der Waals surface area contributed by atoms with Crippen LogP contribution in [0.3, 0.4) is 0 Å². The standard InChI is InChI=1S/C10H12N4O2/c1-13-7-4-2-3-5-8(7)14(10(13)11)6-9(15)12-16/h2-5,11,16H,6H2,1H3,(H,12,15). The Hall–Kier alpha value is -2.08. The molecular weight excluding hydrogens is 208 g/mol. The molecule has 0 saturated heterocycles. The van der Waals surface area contributed by atoms with E-state index in [0.717, 1.165) is 11.0 Å². The lowest BCUT2D eigenvalue weighted by Gasteiger charge is -2.01. The van der Waals surface area contributed by atoms with Gasteiger partial charge in [-0.2, -0.15) is 0 Å². The van der Waals surface area contributed by atoms with Crippen LogP contribution in [0.5, 0.6) is 0 Å². The first-order valence-corrected chi connectivity index (χ1v) is 4.77. The fraction of sp³-hybridized carbons (Fsp3) is 0.200. The summed E-state index contributed by atoms with van der Waals surface area (Å²) in [5, 5.41) is 16.3. The van der Waals surface area contributed by atoms with Gasteiger partial charge in [-0.05, 0) is 12.1 Å². The van der Waals surface area contributed by atoms with Crippen molar-refractivity contribution in [1.82, 2.24) is 14.6 Å². The fourth-order valence-electron chi connectivity index (χ4n) is 1.72. The van der Waals surface area contributed by atoms with Crippen LogP contribution >= 0.6 is 0 Å². The van der Waals surface area contributed by atoms with Gasteiger partial charge in [0.2, 0.25) is 5.62 Å². The van der Waals surface area contributed by atoms with E-state index in [4.69, 9.17) is 10.6 Å². The van der Waals surface area contributed by atoms with Crippen LogP contribution in [0.2, 0.25) is 0 Å². The molecule has 1 amide bonds. The number of hydrogen-bond acceptors (Lipinski definition) is 3. The number of nitrogens with zero attached hydrogens (tertiary/aromatic N) is 2. The molecule has 2 aromatic rings. The van der Waals surface area contributed by atoms with Crippen molar-refractivity contribution >= 4 is 16.9 Å². The van der Waals surface area contributed by atoms with Crippen molar-refractivity contribution in [3.05, 3.63) is 29.9 Å². The molecule has 0 bridgehead atoms. The number of para-hydroxylation sites is 2. The summed E-state index contributed by atoms with van der Waals surface area (Å²) in [5.74, 6) is -0.546. The Balaban J connectivity index is 2.64. The lowest BCUT2D eigenvalue weighted by molar-refractivity contribution is -0.129. The number of hydroxylamine groups is 1. The van der Waals surface area contributed by atoms with Crippen LogP contribution in [0.1, 0.15) is 0 Å². The van der Waals surface area contributed by atoms with Crippen molar-refractivity contribution in [2.24, 2.45) is 7.05 Å². The Morgan fingerprint density at radius 3 is 2.69 bits per heavy atom. The van der Waals surface area contributed by atoms with E-state index in [2.05, 4.69) is 0 Å². The third-order valence-corrected chi connectivity index (χ3v) is 2.53. The molecule has 1 aromatic carbocycles. The second kappa shape index (κ2) is 3.82. The number of amides is 1. The second-order valence-corrected chi connectivity index (χ2v) is 3.49. The first-order valence-electron chi connectivity index (χ1n) is 4.77. The van der Waals surface area contributed by atoms with Gasteiger partial charge in [-0.25, -0.2) is 5.48 Å². The van der Waals surface area contributed by atoms with Gasteiger partial charge in [-0.1, -0.05) is 12.1 Å². The van der Waals surface area contributed by atoms with Gasteiger partial charge >= 0.3 is 0 Å². The lowest BCUT2D eigenvalue weighted by atomic mass is 10.3. The minimum Gasteiger partial charge on any atom is -0.313 e. The minimum atomic E-state index is -0.546. The highest BCUT2D eigenvalue weighted by Gasteiger charge is 2.10. The van der Waals surface area contributed by atoms with Crippen LogP contribution in [0.15, 0.2) is 24.3 Å². The summed E-state index contributed by atoms with van der Waals surface area (Å²) in [5.41, 5.74) is 3.44. The Morgan fingerprint density at radius 1 is 1.44 bits per heavy atom. The molecule has 0 aliphatic rings. The molecule has 2 rings (SSSR count). The number of carbonyl (C=O) groups is 1. The Morgan fingerprint density at radius 2 is 2.06 bits per heavy atom. The lowest BCUT2D eigenvalue weighted by Crippen LogP contribution is -2.31. The molecule has 0 aliphatic carbocycles. The quantitative estimate of drug-likeness (QED) is 0.490. The number of hydrogen-bond donors (Lipinski definition) is 3. The molecule has 6 heteroatoms. The maximum atomic E-state index is 11.1. The molecule has 0 saturated carbocycles. The van der Waals surface area contributed by atoms with E-state index in [0.29, 0.717) is 0 Å². The highest BCUT2D eigenvalue weighted by molar-refractivity contribution is 5.80. The highest BCUT2D eigenvalue weighted by Crippen LogP contribution is 2.10. The van der Waals surface area contributed by atoms with Crippen LogP contribution < -0.4 is 11.1 Å². The maximum absolute atomic E-state index is 11.1. The van der Waals surface area contributed by atoms with E-state index < -0.39 is 5.91 Å². The van der Waals surface area contributed by atoms with E-state index >= 15 is 0 Å². The van der Waals surface area contributed by atoms with Crippen molar-refractivity contribution < 1.29 is 10.0 Å². The molecule has 16 heavy (non-hydrogen) atoms. The number of rotatable bonds is 2. The van der Waals surface area contributed by atoms with Gasteiger partial charge in [0, 0.05) is 7.05 Å². The number of benzene rings is 1. The third-order valence-electron chi connectivity index (χ3n) is 2.53. The van der Waals surface area contributed by atoms with E-state index in [-0.39, 0.29) is 12.2 Å². The minimum absolute atomic E-state index is 0.0727. The molecule has 1 heterocycles. The molecule has 0 radical (unpaired) electrons. The number of aromatic nitrogens is 2. The van der Waals surface area contributed by atoms with Crippen molar-refractivity contribution in [2.45, 2.75) is 6.54 Å². The Bertz CT molecular complexity index is 596. The van der Waals surface area contributed by atoms with Gasteiger partial charge in [0.15, 0.2) is 0 Å². The number of carbonyl (C=O) groups excluding carboxylic acids is 1. The smallest absolute Gasteiger partial charge is 0.263 e. The Kier molecular flexibility index (Phi) is 2.49. The molecular formula is C10H12N4O2. The topological polar surface area (TPSA) is 83.0 Å². The molecule has 6 nitrogen and oxygen atoms in total. The molecule has 1 aromatic heterocycles. The molecule has 0 unspecified atom stereocenters. The average molecular weight is 220 g/mol. The van der Waals surface area contributed by atoms with Gasteiger partial charge in [-0.15, -0.1) is 0 Å². The van der Waals surface area contributed by atoms with Crippen molar-refractivity contribution in [3.63, 3.8) is 0 Å². The monoisotopic (exact) mass is 220 g/mol. The number of aryl methyl sites for hydroxylation is 1. The average Bonchev–Trinajstić information content (AvgIpc) is 2.55. The molecule has 0 atom stereocenters. The van der Waals surface area contributed by atoms with E-state index in [1.165, 1.54) is 4.57 Å². The third kappa shape index (κ3) is 1.49. The molecule has 3 N–H and O–H groups in total. The summed E-state index contributed by atoms with van der Waals surface area (Å²) < 4.78 is 3.21. The number of fused-ring (bicyclic) bond motifs is 1. The SMILES string of the molecule is Cn1c(=N)n(CC(=O)NO)c2ccccc21. The maximum Gasteiger partial charge on any atom is 0.263 e. The Labute approximate surface area is 91.2 Å². The zero-order valence-electron chi connectivity index (χ0n) is 8.77. The molecule has 0 aliphatic heterocycles. The van der Waals surface area contributed by atoms with Gasteiger partial charge in [0.25, 0.3) is 5.91 Å². The van der Waals surface area contributed by atoms with Crippen LogP contribution in [0, 0.1) is 5.41 Å². The summed E-state index contributed by atoms with van der Waals surface area (Å²) in [4.78, 5) is 11.1.